The number of carbonyl (C=O) groups excluding carboxylic acids is 2. The third-order valence-electron chi connectivity index (χ3n) is 4.48. The number of hydrogen-bond acceptors (Lipinski definition) is 3. The molecule has 2 aromatic carbocycles. The maximum absolute atomic E-state index is 13.3. The zero-order valence-corrected chi connectivity index (χ0v) is 16.4. The van der Waals surface area contributed by atoms with Crippen molar-refractivity contribution >= 4 is 46.2 Å². The van der Waals surface area contributed by atoms with Crippen molar-refractivity contribution in [2.45, 2.75) is 6.92 Å². The second kappa shape index (κ2) is 7.23. The summed E-state index contributed by atoms with van der Waals surface area (Å²) in [4.78, 5) is 26.5. The molecule has 0 unspecified atom stereocenters. The van der Waals surface area contributed by atoms with Gasteiger partial charge in [0, 0.05) is 39.0 Å². The Morgan fingerprint density at radius 2 is 1.39 bits per heavy atom. The minimum absolute atomic E-state index is 0.177. The molecule has 0 bridgehead atoms. The molecular formula is C22H15Cl2N2O2+. The van der Waals surface area contributed by atoms with Crippen LogP contribution in [0.15, 0.2) is 72.7 Å². The monoisotopic (exact) mass is 409 g/mol. The number of fused-ring (bicyclic) bond motifs is 1. The number of ketones is 2. The highest BCUT2D eigenvalue weighted by molar-refractivity contribution is 6.37. The molecule has 0 saturated heterocycles. The van der Waals surface area contributed by atoms with Crippen LogP contribution >= 0.6 is 23.2 Å². The summed E-state index contributed by atoms with van der Waals surface area (Å²) in [5.41, 5.74) is 2.74. The number of aryl methyl sites for hydroxylation is 1. The van der Waals surface area contributed by atoms with E-state index in [0.29, 0.717) is 26.9 Å². The number of allylic oxidation sites excluding steroid dienone is 2. The molecule has 3 aromatic rings. The fourth-order valence-corrected chi connectivity index (χ4v) is 3.67. The maximum Gasteiger partial charge on any atom is 0.286 e. The first-order chi connectivity index (χ1) is 13.4. The zero-order valence-electron chi connectivity index (χ0n) is 14.9. The molecule has 1 aliphatic rings. The molecule has 1 aromatic heterocycles. The molecule has 0 radical (unpaired) electrons. The first kappa shape index (κ1) is 18.4. The van der Waals surface area contributed by atoms with Crippen molar-refractivity contribution in [3.63, 3.8) is 0 Å². The summed E-state index contributed by atoms with van der Waals surface area (Å²) in [6, 6.07) is 15.4. The van der Waals surface area contributed by atoms with Gasteiger partial charge in [0.15, 0.2) is 18.1 Å². The lowest BCUT2D eigenvalue weighted by atomic mass is 9.90. The number of rotatable bonds is 3. The van der Waals surface area contributed by atoms with Crippen LogP contribution in [0.5, 0.6) is 0 Å². The highest BCUT2D eigenvalue weighted by Crippen LogP contribution is 2.29. The van der Waals surface area contributed by atoms with Gasteiger partial charge in [0.05, 0.1) is 0 Å². The Labute approximate surface area is 172 Å². The molecule has 4 nitrogen and oxygen atoms in total. The predicted molar refractivity (Wildman–Crippen MR) is 110 cm³/mol. The average Bonchev–Trinajstić information content (AvgIpc) is 2.66. The number of nitrogens with one attached hydrogen (secondary N) is 1. The molecule has 6 heteroatoms. The average molecular weight is 410 g/mol. The normalized spacial score (nSPS) is 13.5. The number of halogens is 2. The molecule has 4 rings (SSSR count). The van der Waals surface area contributed by atoms with Gasteiger partial charge in [-0.3, -0.25) is 9.59 Å². The first-order valence-electron chi connectivity index (χ1n) is 8.58. The van der Waals surface area contributed by atoms with Crippen LogP contribution in [0.4, 0.5) is 5.69 Å². The van der Waals surface area contributed by atoms with Gasteiger partial charge in [-0.1, -0.05) is 47.5 Å². The van der Waals surface area contributed by atoms with E-state index in [1.165, 1.54) is 0 Å². The second-order valence-electron chi connectivity index (χ2n) is 6.49. The van der Waals surface area contributed by atoms with E-state index in [9.17, 15) is 9.59 Å². The quantitative estimate of drug-likeness (QED) is 0.622. The van der Waals surface area contributed by atoms with Crippen LogP contribution in [0.1, 0.15) is 26.3 Å². The fourth-order valence-electron chi connectivity index (χ4n) is 3.15. The number of aromatic nitrogens is 1. The maximum atomic E-state index is 13.3. The molecule has 1 heterocycles. The van der Waals surface area contributed by atoms with E-state index in [2.05, 4.69) is 5.32 Å². The third kappa shape index (κ3) is 3.33. The molecule has 0 spiro atoms. The van der Waals surface area contributed by atoms with Gasteiger partial charge in [-0.25, -0.2) is 0 Å². The molecule has 0 atom stereocenters. The van der Waals surface area contributed by atoms with Gasteiger partial charge < -0.3 is 5.32 Å². The number of benzene rings is 2. The van der Waals surface area contributed by atoms with Gasteiger partial charge in [0.1, 0.15) is 0 Å². The molecule has 1 N–H and O–H groups in total. The molecule has 0 saturated carbocycles. The highest BCUT2D eigenvalue weighted by Gasteiger charge is 2.38. The predicted octanol–water partition coefficient (Wildman–Crippen LogP) is 4.95. The van der Waals surface area contributed by atoms with Crippen LogP contribution in [-0.2, 0) is 0 Å². The number of Topliss-reactive ketones (excluding diaryl/α,β-unsaturated/α-hetero) is 2. The summed E-state index contributed by atoms with van der Waals surface area (Å²) < 4.78 is 1.65. The van der Waals surface area contributed by atoms with Crippen LogP contribution < -0.4 is 9.88 Å². The number of pyridine rings is 1. The van der Waals surface area contributed by atoms with Crippen molar-refractivity contribution in [3.05, 3.63) is 99.4 Å². The van der Waals surface area contributed by atoms with Gasteiger partial charge in [-0.2, -0.15) is 4.57 Å². The highest BCUT2D eigenvalue weighted by atomic mass is 35.5. The van der Waals surface area contributed by atoms with Crippen molar-refractivity contribution in [1.29, 1.82) is 0 Å². The van der Waals surface area contributed by atoms with Crippen molar-refractivity contribution in [2.75, 3.05) is 5.32 Å². The van der Waals surface area contributed by atoms with Crippen molar-refractivity contribution in [2.24, 2.45) is 0 Å². The van der Waals surface area contributed by atoms with Crippen molar-refractivity contribution in [3.8, 4) is 0 Å². The van der Waals surface area contributed by atoms with Crippen LogP contribution in [0, 0.1) is 6.92 Å². The standard InChI is InChI=1S/C22H14Cl2N2O2/c1-13-6-8-26(9-7-13)20-19(25-16-11-14(23)10-15(24)12-16)21(27)17-4-2-3-5-18(17)22(20)28/h2-12H,1H3/p+1. The Morgan fingerprint density at radius 1 is 0.821 bits per heavy atom. The Kier molecular flexibility index (Phi) is 4.75. The number of carbonyl (C=O) groups is 2. The summed E-state index contributed by atoms with van der Waals surface area (Å²) in [6.45, 7) is 1.95. The number of anilines is 1. The molecule has 0 fully saturated rings. The lowest BCUT2D eigenvalue weighted by Crippen LogP contribution is -2.42. The minimum Gasteiger partial charge on any atom is -0.347 e. The Bertz CT molecular complexity index is 1130. The van der Waals surface area contributed by atoms with Gasteiger partial charge in [0.2, 0.25) is 5.78 Å². The lowest BCUT2D eigenvalue weighted by Gasteiger charge is -2.18. The van der Waals surface area contributed by atoms with E-state index in [1.54, 1.807) is 59.4 Å². The van der Waals surface area contributed by atoms with E-state index < -0.39 is 0 Å². The van der Waals surface area contributed by atoms with Gasteiger partial charge in [-0.15, -0.1) is 0 Å². The topological polar surface area (TPSA) is 50.1 Å². The summed E-state index contributed by atoms with van der Waals surface area (Å²) >= 11 is 12.2. The molecule has 28 heavy (non-hydrogen) atoms. The van der Waals surface area contributed by atoms with Crippen LogP contribution in [0.3, 0.4) is 0 Å². The Morgan fingerprint density at radius 3 is 2.00 bits per heavy atom. The molecule has 138 valence electrons. The smallest absolute Gasteiger partial charge is 0.286 e. The van der Waals surface area contributed by atoms with E-state index in [-0.39, 0.29) is 23.0 Å². The Hall–Kier alpha value is -2.95. The van der Waals surface area contributed by atoms with Crippen LogP contribution in [-0.4, -0.2) is 11.6 Å². The lowest BCUT2D eigenvalue weighted by molar-refractivity contribution is -0.577. The summed E-state index contributed by atoms with van der Waals surface area (Å²) in [5.74, 6) is -0.506. The molecule has 0 amide bonds. The van der Waals surface area contributed by atoms with E-state index in [0.717, 1.165) is 5.56 Å². The summed E-state index contributed by atoms with van der Waals surface area (Å²) in [7, 11) is 0. The van der Waals surface area contributed by atoms with Crippen molar-refractivity contribution in [1.82, 2.24) is 0 Å². The number of nitrogens with zero attached hydrogens (tertiary/aromatic N) is 1. The SMILES string of the molecule is Cc1cc[n+](C2=C(Nc3cc(Cl)cc(Cl)c3)C(=O)c3ccccc3C2=O)cc1. The van der Waals surface area contributed by atoms with E-state index >= 15 is 0 Å². The number of hydrogen-bond donors (Lipinski definition) is 1. The minimum atomic E-state index is -0.269. The van der Waals surface area contributed by atoms with Gasteiger partial charge in [-0.05, 0) is 30.7 Å². The fraction of sp³-hybridized carbons (Fsp3) is 0.0455. The molecule has 1 aliphatic carbocycles. The van der Waals surface area contributed by atoms with Crippen molar-refractivity contribution < 1.29 is 14.2 Å². The summed E-state index contributed by atoms with van der Waals surface area (Å²) in [5, 5.41) is 3.92. The second-order valence-corrected chi connectivity index (χ2v) is 7.37. The first-order valence-corrected chi connectivity index (χ1v) is 9.34. The van der Waals surface area contributed by atoms with Crippen LogP contribution in [0.25, 0.3) is 5.70 Å². The third-order valence-corrected chi connectivity index (χ3v) is 4.92. The summed E-state index contributed by atoms with van der Waals surface area (Å²) in [6.07, 6.45) is 3.52. The van der Waals surface area contributed by atoms with Gasteiger partial charge >= 0.3 is 0 Å². The molecule has 0 aliphatic heterocycles. The largest absolute Gasteiger partial charge is 0.347 e. The van der Waals surface area contributed by atoms with E-state index in [4.69, 9.17) is 23.2 Å². The zero-order chi connectivity index (χ0) is 19.8. The van der Waals surface area contributed by atoms with E-state index in [1.807, 2.05) is 19.1 Å². The van der Waals surface area contributed by atoms with Gasteiger partial charge in [0.25, 0.3) is 11.5 Å². The van der Waals surface area contributed by atoms with Crippen LogP contribution in [0.2, 0.25) is 10.0 Å². The Balaban J connectivity index is 1.92. The molecular weight excluding hydrogens is 395 g/mol.